The lowest BCUT2D eigenvalue weighted by molar-refractivity contribution is -0.141. The van der Waals surface area contributed by atoms with Gasteiger partial charge in [-0.3, -0.25) is 14.4 Å². The first-order chi connectivity index (χ1) is 19.5. The Balaban J connectivity index is 1.54. The van der Waals surface area contributed by atoms with Gasteiger partial charge in [0, 0.05) is 4.88 Å². The van der Waals surface area contributed by atoms with Gasteiger partial charge in [-0.15, -0.1) is 11.3 Å². The summed E-state index contributed by atoms with van der Waals surface area (Å²) in [4.78, 5) is 54.9. The summed E-state index contributed by atoms with van der Waals surface area (Å²) in [7, 11) is -1.76. The third kappa shape index (κ3) is 7.21. The molecule has 1 N–H and O–H groups in total. The summed E-state index contributed by atoms with van der Waals surface area (Å²) in [5.41, 5.74) is 1.64. The third-order valence-electron chi connectivity index (χ3n) is 6.21. The molecule has 0 spiro atoms. The number of nitrogens with zero attached hydrogens (tertiary/aromatic N) is 2. The lowest BCUT2D eigenvalue weighted by Crippen LogP contribution is -2.29. The molecule has 0 unspecified atom stereocenters. The van der Waals surface area contributed by atoms with Crippen molar-refractivity contribution in [3.63, 3.8) is 0 Å². The van der Waals surface area contributed by atoms with Gasteiger partial charge >= 0.3 is 11.9 Å². The number of hydrogen-bond acceptors (Lipinski definition) is 11. The molecule has 41 heavy (non-hydrogen) atoms. The summed E-state index contributed by atoms with van der Waals surface area (Å²) in [6.07, 6.45) is 3.28. The maximum absolute atomic E-state index is 12.8. The predicted octanol–water partition coefficient (Wildman–Crippen LogP) is 2.48. The van der Waals surface area contributed by atoms with Crippen molar-refractivity contribution in [3.8, 4) is 5.75 Å². The minimum absolute atomic E-state index is 0.0931. The Bertz CT molecular complexity index is 1680. The predicted molar refractivity (Wildman–Crippen MR) is 153 cm³/mol. The molecule has 4 rings (SSSR count). The molecule has 1 aliphatic rings. The summed E-state index contributed by atoms with van der Waals surface area (Å²) < 4.78 is 42.8. The standard InChI is InChI=1S/C26H29N3O9S3/c1-4-38-15-9-10-17-19(11-15)40-26(29(17)12-22(32)36-2)28-21(31)14-41(34,35)13-20(30)27-24-23(25(33)37-3)16-7-5-6-8-18(16)39-24/h9-11H,4-8,12-14H2,1-3H3,(H,27,30). The van der Waals surface area contributed by atoms with E-state index >= 15 is 0 Å². The highest BCUT2D eigenvalue weighted by Gasteiger charge is 2.28. The Morgan fingerprint density at radius 1 is 1.05 bits per heavy atom. The van der Waals surface area contributed by atoms with E-state index in [1.165, 1.54) is 30.1 Å². The fraction of sp³-hybridized carbons (Fsp3) is 0.423. The van der Waals surface area contributed by atoms with Crippen LogP contribution in [-0.4, -0.2) is 69.1 Å². The van der Waals surface area contributed by atoms with E-state index in [1.807, 2.05) is 6.92 Å². The topological polar surface area (TPSA) is 159 Å². The molecule has 0 saturated heterocycles. The number of sulfone groups is 1. The van der Waals surface area contributed by atoms with Crippen LogP contribution in [0.3, 0.4) is 0 Å². The number of anilines is 1. The molecule has 2 heterocycles. The Hall–Kier alpha value is -3.56. The zero-order valence-electron chi connectivity index (χ0n) is 22.7. The Morgan fingerprint density at radius 2 is 1.80 bits per heavy atom. The summed E-state index contributed by atoms with van der Waals surface area (Å²) in [5.74, 6) is -4.50. The number of rotatable bonds is 10. The van der Waals surface area contributed by atoms with Crippen molar-refractivity contribution in [3.05, 3.63) is 39.0 Å². The summed E-state index contributed by atoms with van der Waals surface area (Å²) in [6.45, 7) is 2.03. The average Bonchev–Trinajstić information content (AvgIpc) is 3.44. The number of benzene rings is 1. The molecule has 12 nitrogen and oxygen atoms in total. The second-order valence-electron chi connectivity index (χ2n) is 9.10. The van der Waals surface area contributed by atoms with Crippen molar-refractivity contribution in [1.29, 1.82) is 0 Å². The molecule has 220 valence electrons. The highest BCUT2D eigenvalue weighted by molar-refractivity contribution is 7.92. The number of hydrogen-bond donors (Lipinski definition) is 1. The molecule has 2 amide bonds. The summed E-state index contributed by atoms with van der Waals surface area (Å²) >= 11 is 2.31. The Morgan fingerprint density at radius 3 is 2.51 bits per heavy atom. The van der Waals surface area contributed by atoms with Crippen LogP contribution in [0, 0.1) is 0 Å². The molecular formula is C26H29N3O9S3. The number of nitrogens with one attached hydrogen (secondary N) is 1. The second kappa shape index (κ2) is 13.0. The summed E-state index contributed by atoms with van der Waals surface area (Å²) in [6, 6.07) is 5.14. The van der Waals surface area contributed by atoms with Gasteiger partial charge in [0.25, 0.3) is 5.91 Å². The number of fused-ring (bicyclic) bond motifs is 2. The zero-order chi connectivity index (χ0) is 29.7. The molecule has 2 aromatic heterocycles. The number of aryl methyl sites for hydroxylation is 1. The smallest absolute Gasteiger partial charge is 0.341 e. The minimum atomic E-state index is -4.23. The molecule has 0 saturated carbocycles. The largest absolute Gasteiger partial charge is 0.494 e. The van der Waals surface area contributed by atoms with Gasteiger partial charge in [0.1, 0.15) is 28.8 Å². The molecule has 3 aromatic rings. The molecule has 1 aliphatic carbocycles. The van der Waals surface area contributed by atoms with Crippen LogP contribution in [0.4, 0.5) is 5.00 Å². The molecule has 0 fully saturated rings. The number of carbonyl (C=O) groups is 4. The van der Waals surface area contributed by atoms with Crippen LogP contribution in [0.15, 0.2) is 23.2 Å². The van der Waals surface area contributed by atoms with Crippen LogP contribution in [0.5, 0.6) is 5.75 Å². The van der Waals surface area contributed by atoms with E-state index in [0.717, 1.165) is 41.0 Å². The van der Waals surface area contributed by atoms with Crippen LogP contribution in [0.1, 0.15) is 40.6 Å². The van der Waals surface area contributed by atoms with Gasteiger partial charge in [0.05, 0.1) is 36.6 Å². The van der Waals surface area contributed by atoms with Crippen molar-refractivity contribution in [2.24, 2.45) is 4.99 Å². The molecule has 0 bridgehead atoms. The highest BCUT2D eigenvalue weighted by atomic mass is 32.2. The van der Waals surface area contributed by atoms with Gasteiger partial charge in [-0.1, -0.05) is 11.3 Å². The van der Waals surface area contributed by atoms with Crippen LogP contribution in [0.2, 0.25) is 0 Å². The number of thiazole rings is 1. The van der Waals surface area contributed by atoms with Gasteiger partial charge in [-0.05, 0) is 56.4 Å². The molecular weight excluding hydrogens is 594 g/mol. The second-order valence-corrected chi connectivity index (χ2v) is 13.3. The fourth-order valence-electron chi connectivity index (χ4n) is 4.45. The maximum Gasteiger partial charge on any atom is 0.341 e. The number of ether oxygens (including phenoxy) is 3. The third-order valence-corrected chi connectivity index (χ3v) is 9.85. The lowest BCUT2D eigenvalue weighted by Gasteiger charge is -2.11. The first-order valence-electron chi connectivity index (χ1n) is 12.7. The monoisotopic (exact) mass is 623 g/mol. The number of carbonyl (C=O) groups excluding carboxylic acids is 4. The van der Waals surface area contributed by atoms with Crippen molar-refractivity contribution < 1.29 is 41.8 Å². The Labute approximate surface area is 243 Å². The van der Waals surface area contributed by atoms with Gasteiger partial charge < -0.3 is 24.1 Å². The van der Waals surface area contributed by atoms with E-state index in [-0.39, 0.29) is 21.9 Å². The van der Waals surface area contributed by atoms with Crippen molar-refractivity contribution in [2.45, 2.75) is 39.2 Å². The number of thiophene rings is 1. The first-order valence-corrected chi connectivity index (χ1v) is 16.1. The van der Waals surface area contributed by atoms with Gasteiger partial charge in [0.2, 0.25) is 5.91 Å². The first kappa shape index (κ1) is 30.4. The normalized spacial score (nSPS) is 13.5. The van der Waals surface area contributed by atoms with Crippen LogP contribution in [0.25, 0.3) is 10.2 Å². The van der Waals surface area contributed by atoms with Crippen molar-refractivity contribution in [1.82, 2.24) is 4.57 Å². The van der Waals surface area contributed by atoms with E-state index in [1.54, 1.807) is 18.2 Å². The van der Waals surface area contributed by atoms with E-state index in [9.17, 15) is 27.6 Å². The van der Waals surface area contributed by atoms with Crippen LogP contribution in [-0.2, 0) is 53.1 Å². The Kier molecular flexibility index (Phi) is 9.60. The molecule has 0 radical (unpaired) electrons. The van der Waals surface area contributed by atoms with Crippen molar-refractivity contribution in [2.75, 3.05) is 37.6 Å². The molecule has 0 aliphatic heterocycles. The van der Waals surface area contributed by atoms with Gasteiger partial charge in [-0.25, -0.2) is 13.2 Å². The fourth-order valence-corrected chi connectivity index (χ4v) is 7.84. The van der Waals surface area contributed by atoms with E-state index in [4.69, 9.17) is 14.2 Å². The van der Waals surface area contributed by atoms with Crippen LogP contribution >= 0.6 is 22.7 Å². The molecule has 1 aromatic carbocycles. The number of amides is 2. The number of esters is 2. The van der Waals surface area contributed by atoms with Gasteiger partial charge in [0.15, 0.2) is 14.6 Å². The minimum Gasteiger partial charge on any atom is -0.494 e. The average molecular weight is 624 g/mol. The van der Waals surface area contributed by atoms with E-state index in [2.05, 4.69) is 10.3 Å². The van der Waals surface area contributed by atoms with Gasteiger partial charge in [-0.2, -0.15) is 4.99 Å². The SMILES string of the molecule is CCOc1ccc2c(c1)sc(=NC(=O)CS(=O)(=O)CC(=O)Nc1sc3c(c1C(=O)OC)CCCC3)n2CC(=O)OC. The van der Waals surface area contributed by atoms with Crippen molar-refractivity contribution >= 4 is 71.5 Å². The highest BCUT2D eigenvalue weighted by Crippen LogP contribution is 2.38. The quantitative estimate of drug-likeness (QED) is 0.335. The number of aromatic nitrogens is 1. The number of methoxy groups -OCH3 is 2. The lowest BCUT2D eigenvalue weighted by atomic mass is 9.95. The zero-order valence-corrected chi connectivity index (χ0v) is 25.1. The summed E-state index contributed by atoms with van der Waals surface area (Å²) in [5, 5.41) is 2.76. The van der Waals surface area contributed by atoms with E-state index < -0.39 is 45.1 Å². The molecule has 15 heteroatoms. The maximum atomic E-state index is 12.8. The van der Waals surface area contributed by atoms with E-state index in [0.29, 0.717) is 29.0 Å². The molecule has 0 atom stereocenters. The van der Waals surface area contributed by atoms with Crippen LogP contribution < -0.4 is 14.9 Å².